The molecule has 1 fully saturated rings. The van der Waals surface area contributed by atoms with Crippen molar-refractivity contribution >= 4 is 28.4 Å². The highest BCUT2D eigenvalue weighted by Gasteiger charge is 2.36. The molecule has 4 nitrogen and oxygen atoms in total. The molecule has 146 valence electrons. The van der Waals surface area contributed by atoms with Crippen LogP contribution >= 0.6 is 11.6 Å². The molecule has 2 N–H and O–H groups in total. The summed E-state index contributed by atoms with van der Waals surface area (Å²) in [5.41, 5.74) is 1.95. The summed E-state index contributed by atoms with van der Waals surface area (Å²) >= 11 is 6.29. The molecule has 1 aliphatic heterocycles. The van der Waals surface area contributed by atoms with E-state index in [0.29, 0.717) is 48.5 Å². The number of amides is 1. The standard InChI is InChI=1S/C22H22ClFN2O2/c23-18-4-2-1-3-15(18)13-22(14-27)7-9-26(10-8-22)21(28)20-12-16-11-17(24)5-6-19(16)25-20/h1-6,11-12,25,27H,7-10,13-14H2. The number of carbonyl (C=O) groups excluding carboxylic acids is 1. The van der Waals surface area contributed by atoms with Gasteiger partial charge in [0.2, 0.25) is 0 Å². The van der Waals surface area contributed by atoms with Gasteiger partial charge in [0, 0.05) is 41.0 Å². The lowest BCUT2D eigenvalue weighted by molar-refractivity contribution is 0.0355. The molecular weight excluding hydrogens is 379 g/mol. The minimum absolute atomic E-state index is 0.0614. The van der Waals surface area contributed by atoms with E-state index < -0.39 is 0 Å². The van der Waals surface area contributed by atoms with Crippen LogP contribution in [0.4, 0.5) is 4.39 Å². The molecule has 0 bridgehead atoms. The second kappa shape index (κ2) is 7.57. The number of aromatic amines is 1. The van der Waals surface area contributed by atoms with Crippen LogP contribution < -0.4 is 0 Å². The van der Waals surface area contributed by atoms with Crippen molar-refractivity contribution in [3.05, 3.63) is 70.6 Å². The third-order valence-corrected chi connectivity index (χ3v) is 6.15. The van der Waals surface area contributed by atoms with Crippen LogP contribution in [0.2, 0.25) is 5.02 Å². The van der Waals surface area contributed by atoms with Gasteiger partial charge < -0.3 is 15.0 Å². The molecule has 2 aromatic carbocycles. The molecule has 4 rings (SSSR count). The highest BCUT2D eigenvalue weighted by molar-refractivity contribution is 6.31. The first-order chi connectivity index (χ1) is 13.5. The number of piperidine rings is 1. The summed E-state index contributed by atoms with van der Waals surface area (Å²) in [7, 11) is 0. The molecule has 0 saturated carbocycles. The van der Waals surface area contributed by atoms with E-state index in [1.165, 1.54) is 12.1 Å². The number of hydrogen-bond donors (Lipinski definition) is 2. The van der Waals surface area contributed by atoms with E-state index in [2.05, 4.69) is 4.98 Å². The summed E-state index contributed by atoms with van der Waals surface area (Å²) in [6.07, 6.45) is 2.10. The van der Waals surface area contributed by atoms with Gasteiger partial charge in [0.25, 0.3) is 5.91 Å². The Morgan fingerprint density at radius 3 is 2.64 bits per heavy atom. The summed E-state index contributed by atoms with van der Waals surface area (Å²) < 4.78 is 13.4. The van der Waals surface area contributed by atoms with Gasteiger partial charge in [0.1, 0.15) is 11.5 Å². The van der Waals surface area contributed by atoms with Gasteiger partial charge in [-0.2, -0.15) is 0 Å². The van der Waals surface area contributed by atoms with Gasteiger partial charge in [-0.15, -0.1) is 0 Å². The lowest BCUT2D eigenvalue weighted by Gasteiger charge is -2.41. The molecule has 0 aliphatic carbocycles. The van der Waals surface area contributed by atoms with Crippen molar-refractivity contribution in [2.75, 3.05) is 19.7 Å². The topological polar surface area (TPSA) is 56.3 Å². The highest BCUT2D eigenvalue weighted by Crippen LogP contribution is 2.37. The third kappa shape index (κ3) is 3.64. The van der Waals surface area contributed by atoms with Crippen LogP contribution in [-0.2, 0) is 6.42 Å². The molecule has 0 radical (unpaired) electrons. The van der Waals surface area contributed by atoms with E-state index in [4.69, 9.17) is 11.6 Å². The highest BCUT2D eigenvalue weighted by atomic mass is 35.5. The van der Waals surface area contributed by atoms with Crippen LogP contribution in [0, 0.1) is 11.2 Å². The molecule has 3 aromatic rings. The number of halogens is 2. The Morgan fingerprint density at radius 1 is 1.18 bits per heavy atom. The molecule has 0 atom stereocenters. The Bertz CT molecular complexity index is 1010. The van der Waals surface area contributed by atoms with Gasteiger partial charge >= 0.3 is 0 Å². The van der Waals surface area contributed by atoms with Gasteiger partial charge in [-0.1, -0.05) is 29.8 Å². The third-order valence-electron chi connectivity index (χ3n) is 5.78. The summed E-state index contributed by atoms with van der Waals surface area (Å²) in [6, 6.07) is 13.8. The normalized spacial score (nSPS) is 16.5. The molecule has 28 heavy (non-hydrogen) atoms. The fourth-order valence-electron chi connectivity index (χ4n) is 4.01. The average molecular weight is 401 g/mol. The molecule has 1 aromatic heterocycles. The number of hydrogen-bond acceptors (Lipinski definition) is 2. The summed E-state index contributed by atoms with van der Waals surface area (Å²) in [4.78, 5) is 17.8. The average Bonchev–Trinajstić information content (AvgIpc) is 3.13. The van der Waals surface area contributed by atoms with Gasteiger partial charge in [0.05, 0.1) is 0 Å². The second-order valence-corrected chi connectivity index (χ2v) is 8.04. The molecule has 1 aliphatic rings. The Kier molecular flexibility index (Phi) is 5.13. The number of benzene rings is 2. The van der Waals surface area contributed by atoms with E-state index >= 15 is 0 Å². The predicted molar refractivity (Wildman–Crippen MR) is 108 cm³/mol. The monoisotopic (exact) mass is 400 g/mol. The number of aliphatic hydroxyl groups is 1. The minimum atomic E-state index is -0.323. The molecule has 1 saturated heterocycles. The smallest absolute Gasteiger partial charge is 0.270 e. The van der Waals surface area contributed by atoms with E-state index in [1.807, 2.05) is 24.3 Å². The largest absolute Gasteiger partial charge is 0.396 e. The first kappa shape index (κ1) is 19.0. The van der Waals surface area contributed by atoms with E-state index in [-0.39, 0.29) is 23.7 Å². The Labute approximate surface area is 167 Å². The number of carbonyl (C=O) groups is 1. The summed E-state index contributed by atoms with van der Waals surface area (Å²) in [5.74, 6) is -0.420. The van der Waals surface area contributed by atoms with Crippen LogP contribution in [0.15, 0.2) is 48.5 Å². The van der Waals surface area contributed by atoms with Crippen LogP contribution in [0.5, 0.6) is 0 Å². The molecule has 1 amide bonds. The number of likely N-dealkylation sites (tertiary alicyclic amines) is 1. The number of nitrogens with zero attached hydrogens (tertiary/aromatic N) is 1. The van der Waals surface area contributed by atoms with Crippen molar-refractivity contribution in [2.24, 2.45) is 5.41 Å². The Hall–Kier alpha value is -2.37. The SMILES string of the molecule is O=C(c1cc2cc(F)ccc2[nH]1)N1CCC(CO)(Cc2ccccc2Cl)CC1. The maximum absolute atomic E-state index is 13.4. The van der Waals surface area contributed by atoms with Crippen molar-refractivity contribution in [3.8, 4) is 0 Å². The Balaban J connectivity index is 1.47. The van der Waals surface area contributed by atoms with Crippen molar-refractivity contribution < 1.29 is 14.3 Å². The van der Waals surface area contributed by atoms with Gasteiger partial charge in [-0.05, 0) is 55.2 Å². The van der Waals surface area contributed by atoms with Crippen molar-refractivity contribution in [2.45, 2.75) is 19.3 Å². The number of nitrogens with one attached hydrogen (secondary N) is 1. The first-order valence-electron chi connectivity index (χ1n) is 9.41. The van der Waals surface area contributed by atoms with Gasteiger partial charge in [-0.3, -0.25) is 4.79 Å². The van der Waals surface area contributed by atoms with Crippen LogP contribution in [0.25, 0.3) is 10.9 Å². The van der Waals surface area contributed by atoms with Crippen LogP contribution in [0.1, 0.15) is 28.9 Å². The van der Waals surface area contributed by atoms with E-state index in [0.717, 1.165) is 11.1 Å². The van der Waals surface area contributed by atoms with Crippen LogP contribution in [0.3, 0.4) is 0 Å². The van der Waals surface area contributed by atoms with Crippen LogP contribution in [-0.4, -0.2) is 40.6 Å². The quantitative estimate of drug-likeness (QED) is 0.681. The van der Waals surface area contributed by atoms with E-state index in [1.54, 1.807) is 17.0 Å². The minimum Gasteiger partial charge on any atom is -0.396 e. The van der Waals surface area contributed by atoms with Crippen molar-refractivity contribution in [1.82, 2.24) is 9.88 Å². The Morgan fingerprint density at radius 2 is 1.93 bits per heavy atom. The van der Waals surface area contributed by atoms with E-state index in [9.17, 15) is 14.3 Å². The lowest BCUT2D eigenvalue weighted by Crippen LogP contribution is -2.45. The van der Waals surface area contributed by atoms with Crippen molar-refractivity contribution in [1.29, 1.82) is 0 Å². The predicted octanol–water partition coefficient (Wildman–Crippen LogP) is 4.42. The zero-order chi connectivity index (χ0) is 19.7. The maximum Gasteiger partial charge on any atom is 0.270 e. The zero-order valence-electron chi connectivity index (χ0n) is 15.4. The van der Waals surface area contributed by atoms with Gasteiger partial charge in [0.15, 0.2) is 0 Å². The molecule has 0 spiro atoms. The molecular formula is C22H22ClFN2O2. The fraction of sp³-hybridized carbons (Fsp3) is 0.318. The number of rotatable bonds is 4. The molecule has 2 heterocycles. The lowest BCUT2D eigenvalue weighted by atomic mass is 9.74. The fourth-order valence-corrected chi connectivity index (χ4v) is 4.21. The second-order valence-electron chi connectivity index (χ2n) is 7.63. The molecule has 0 unspecified atom stereocenters. The summed E-state index contributed by atoms with van der Waals surface area (Å²) in [6.45, 7) is 1.19. The number of H-pyrrole nitrogens is 1. The van der Waals surface area contributed by atoms with Gasteiger partial charge in [-0.25, -0.2) is 4.39 Å². The molecule has 6 heteroatoms. The summed E-state index contributed by atoms with van der Waals surface area (Å²) in [5, 5.41) is 11.5. The first-order valence-corrected chi connectivity index (χ1v) is 9.79. The van der Waals surface area contributed by atoms with Crippen molar-refractivity contribution in [3.63, 3.8) is 0 Å². The maximum atomic E-state index is 13.4. The zero-order valence-corrected chi connectivity index (χ0v) is 16.2. The number of fused-ring (bicyclic) bond motifs is 1. The number of aliphatic hydroxyl groups excluding tert-OH is 1. The number of aromatic nitrogens is 1.